The van der Waals surface area contributed by atoms with Gasteiger partial charge >= 0.3 is 0 Å². The molecule has 7 heteroatoms. The van der Waals surface area contributed by atoms with Crippen molar-refractivity contribution < 1.29 is 9.53 Å². The van der Waals surface area contributed by atoms with Gasteiger partial charge in [0.1, 0.15) is 6.33 Å². The SMILES string of the molecule is COCCCn1cnnc1SC(C)C(=O)NC(C)c1ccccc1. The molecular formula is C17H24N4O2S. The molecule has 0 bridgehead atoms. The van der Waals surface area contributed by atoms with E-state index in [0.717, 1.165) is 23.7 Å². The molecular weight excluding hydrogens is 324 g/mol. The van der Waals surface area contributed by atoms with Crippen molar-refractivity contribution in [3.8, 4) is 0 Å². The average Bonchev–Trinajstić information content (AvgIpc) is 3.03. The molecule has 1 aromatic carbocycles. The second-order valence-corrected chi connectivity index (χ2v) is 6.86. The van der Waals surface area contributed by atoms with E-state index in [9.17, 15) is 4.79 Å². The summed E-state index contributed by atoms with van der Waals surface area (Å²) in [7, 11) is 1.68. The summed E-state index contributed by atoms with van der Waals surface area (Å²) in [5, 5.41) is 11.6. The van der Waals surface area contributed by atoms with Crippen molar-refractivity contribution in [2.45, 2.75) is 43.3 Å². The Bertz CT molecular complexity index is 633. The third kappa shape index (κ3) is 5.35. The molecule has 0 saturated carbocycles. The first-order valence-electron chi connectivity index (χ1n) is 8.00. The molecule has 0 aliphatic carbocycles. The van der Waals surface area contributed by atoms with Crippen LogP contribution in [0, 0.1) is 0 Å². The zero-order valence-corrected chi connectivity index (χ0v) is 15.1. The quantitative estimate of drug-likeness (QED) is 0.557. The first-order chi connectivity index (χ1) is 11.6. The third-order valence-electron chi connectivity index (χ3n) is 3.64. The molecule has 24 heavy (non-hydrogen) atoms. The summed E-state index contributed by atoms with van der Waals surface area (Å²) in [6.45, 7) is 5.33. The summed E-state index contributed by atoms with van der Waals surface area (Å²) in [4.78, 5) is 12.4. The van der Waals surface area contributed by atoms with Gasteiger partial charge in [-0.1, -0.05) is 42.1 Å². The molecule has 6 nitrogen and oxygen atoms in total. The zero-order chi connectivity index (χ0) is 17.4. The van der Waals surface area contributed by atoms with Gasteiger partial charge in [0.15, 0.2) is 5.16 Å². The van der Waals surface area contributed by atoms with E-state index in [0.29, 0.717) is 6.61 Å². The fourth-order valence-corrected chi connectivity index (χ4v) is 3.10. The van der Waals surface area contributed by atoms with Crippen LogP contribution in [0.4, 0.5) is 0 Å². The maximum Gasteiger partial charge on any atom is 0.233 e. The van der Waals surface area contributed by atoms with Crippen molar-refractivity contribution in [3.63, 3.8) is 0 Å². The minimum Gasteiger partial charge on any atom is -0.385 e. The van der Waals surface area contributed by atoms with Gasteiger partial charge in [-0.15, -0.1) is 10.2 Å². The van der Waals surface area contributed by atoms with Crippen LogP contribution in [-0.2, 0) is 16.1 Å². The summed E-state index contributed by atoms with van der Waals surface area (Å²) in [6, 6.07) is 9.90. The smallest absolute Gasteiger partial charge is 0.233 e. The van der Waals surface area contributed by atoms with Gasteiger partial charge in [-0.05, 0) is 25.8 Å². The normalized spacial score (nSPS) is 13.5. The number of hydrogen-bond acceptors (Lipinski definition) is 5. The number of nitrogens with one attached hydrogen (secondary N) is 1. The van der Waals surface area contributed by atoms with E-state index in [1.807, 2.05) is 48.7 Å². The van der Waals surface area contributed by atoms with Crippen molar-refractivity contribution in [1.82, 2.24) is 20.1 Å². The van der Waals surface area contributed by atoms with Gasteiger partial charge in [-0.25, -0.2) is 0 Å². The van der Waals surface area contributed by atoms with Crippen LogP contribution in [-0.4, -0.2) is 39.6 Å². The fourth-order valence-electron chi connectivity index (χ4n) is 2.24. The Balaban J connectivity index is 1.89. The first-order valence-corrected chi connectivity index (χ1v) is 8.88. The molecule has 1 N–H and O–H groups in total. The highest BCUT2D eigenvalue weighted by Gasteiger charge is 2.19. The molecule has 0 fully saturated rings. The average molecular weight is 348 g/mol. The highest BCUT2D eigenvalue weighted by atomic mass is 32.2. The largest absolute Gasteiger partial charge is 0.385 e. The zero-order valence-electron chi connectivity index (χ0n) is 14.3. The van der Waals surface area contributed by atoms with Gasteiger partial charge in [0, 0.05) is 20.3 Å². The van der Waals surface area contributed by atoms with Crippen LogP contribution in [0.3, 0.4) is 0 Å². The van der Waals surface area contributed by atoms with E-state index in [4.69, 9.17) is 4.74 Å². The summed E-state index contributed by atoms with van der Waals surface area (Å²) < 4.78 is 7.01. The predicted octanol–water partition coefficient (Wildman–Crippen LogP) is 2.67. The van der Waals surface area contributed by atoms with Gasteiger partial charge in [-0.3, -0.25) is 4.79 Å². The number of carbonyl (C=O) groups excluding carboxylic acids is 1. The molecule has 2 rings (SSSR count). The highest BCUT2D eigenvalue weighted by Crippen LogP contribution is 2.22. The number of ether oxygens (including phenoxy) is 1. The molecule has 2 unspecified atom stereocenters. The molecule has 0 aliphatic heterocycles. The number of amides is 1. The second kappa shape index (κ2) is 9.44. The maximum atomic E-state index is 12.4. The van der Waals surface area contributed by atoms with Crippen LogP contribution in [0.2, 0.25) is 0 Å². The molecule has 0 radical (unpaired) electrons. The number of thioether (sulfide) groups is 1. The van der Waals surface area contributed by atoms with Crippen molar-refractivity contribution in [1.29, 1.82) is 0 Å². The van der Waals surface area contributed by atoms with Crippen molar-refractivity contribution in [3.05, 3.63) is 42.2 Å². The second-order valence-electron chi connectivity index (χ2n) is 5.55. The van der Waals surface area contributed by atoms with Gasteiger partial charge < -0.3 is 14.6 Å². The lowest BCUT2D eigenvalue weighted by Crippen LogP contribution is -2.33. The fraction of sp³-hybridized carbons (Fsp3) is 0.471. The highest BCUT2D eigenvalue weighted by molar-refractivity contribution is 8.00. The van der Waals surface area contributed by atoms with E-state index in [1.54, 1.807) is 13.4 Å². The third-order valence-corrected chi connectivity index (χ3v) is 4.73. The lowest BCUT2D eigenvalue weighted by molar-refractivity contribution is -0.120. The van der Waals surface area contributed by atoms with Crippen LogP contribution in [0.1, 0.15) is 31.9 Å². The maximum absolute atomic E-state index is 12.4. The molecule has 0 spiro atoms. The Labute approximate surface area is 147 Å². The molecule has 130 valence electrons. The molecule has 0 aliphatic rings. The van der Waals surface area contributed by atoms with E-state index < -0.39 is 0 Å². The summed E-state index contributed by atoms with van der Waals surface area (Å²) in [6.07, 6.45) is 2.57. The Morgan fingerprint density at radius 1 is 1.33 bits per heavy atom. The van der Waals surface area contributed by atoms with E-state index in [2.05, 4.69) is 15.5 Å². The number of nitrogens with zero attached hydrogens (tertiary/aromatic N) is 3. The standard InChI is InChI=1S/C17H24N4O2S/c1-13(15-8-5-4-6-9-15)19-16(22)14(2)24-17-20-18-12-21(17)10-7-11-23-3/h4-6,8-9,12-14H,7,10-11H2,1-3H3,(H,19,22). The first kappa shape index (κ1) is 18.5. The van der Waals surface area contributed by atoms with Crippen molar-refractivity contribution in [2.75, 3.05) is 13.7 Å². The minimum atomic E-state index is -0.249. The van der Waals surface area contributed by atoms with Crippen molar-refractivity contribution in [2.24, 2.45) is 0 Å². The molecule has 2 aromatic rings. The van der Waals surface area contributed by atoms with E-state index in [-0.39, 0.29) is 17.2 Å². The number of carbonyl (C=O) groups is 1. The summed E-state index contributed by atoms with van der Waals surface area (Å²) in [5.74, 6) is -0.0113. The number of rotatable bonds is 9. The predicted molar refractivity (Wildman–Crippen MR) is 94.8 cm³/mol. The Hall–Kier alpha value is -1.86. The van der Waals surface area contributed by atoms with Crippen LogP contribution in [0.25, 0.3) is 0 Å². The van der Waals surface area contributed by atoms with E-state index >= 15 is 0 Å². The number of aromatic nitrogens is 3. The Kier molecular flexibility index (Phi) is 7.27. The number of methoxy groups -OCH3 is 1. The van der Waals surface area contributed by atoms with Gasteiger partial charge in [0.05, 0.1) is 11.3 Å². The van der Waals surface area contributed by atoms with Gasteiger partial charge in [0.25, 0.3) is 0 Å². The van der Waals surface area contributed by atoms with E-state index in [1.165, 1.54) is 11.8 Å². The molecule has 1 heterocycles. The van der Waals surface area contributed by atoms with Gasteiger partial charge in [0.2, 0.25) is 5.91 Å². The Morgan fingerprint density at radius 2 is 2.08 bits per heavy atom. The lowest BCUT2D eigenvalue weighted by atomic mass is 10.1. The molecule has 2 atom stereocenters. The van der Waals surface area contributed by atoms with Crippen LogP contribution < -0.4 is 5.32 Å². The Morgan fingerprint density at radius 3 is 2.79 bits per heavy atom. The summed E-state index contributed by atoms with van der Waals surface area (Å²) in [5.41, 5.74) is 1.09. The number of hydrogen-bond donors (Lipinski definition) is 1. The number of benzene rings is 1. The van der Waals surface area contributed by atoms with Gasteiger partial charge in [-0.2, -0.15) is 0 Å². The topological polar surface area (TPSA) is 69.0 Å². The van der Waals surface area contributed by atoms with Crippen LogP contribution in [0.5, 0.6) is 0 Å². The minimum absolute atomic E-state index is 0.0113. The monoisotopic (exact) mass is 348 g/mol. The van der Waals surface area contributed by atoms with Crippen LogP contribution in [0.15, 0.2) is 41.8 Å². The van der Waals surface area contributed by atoms with Crippen molar-refractivity contribution >= 4 is 17.7 Å². The molecule has 0 saturated heterocycles. The molecule has 1 amide bonds. The lowest BCUT2D eigenvalue weighted by Gasteiger charge is -2.17. The molecule has 1 aromatic heterocycles. The van der Waals surface area contributed by atoms with Crippen LogP contribution >= 0.6 is 11.8 Å². The number of aryl methyl sites for hydroxylation is 1. The summed E-state index contributed by atoms with van der Waals surface area (Å²) >= 11 is 1.42.